The highest BCUT2D eigenvalue weighted by Gasteiger charge is 2.30. The van der Waals surface area contributed by atoms with Gasteiger partial charge in [0, 0.05) is 18.1 Å². The van der Waals surface area contributed by atoms with Gasteiger partial charge in [-0.15, -0.1) is 0 Å². The number of esters is 2. The fourth-order valence-corrected chi connectivity index (χ4v) is 3.76. The lowest BCUT2D eigenvalue weighted by molar-refractivity contribution is -0.384. The highest BCUT2D eigenvalue weighted by Crippen LogP contribution is 2.44. The number of nitrogens with two attached hydrogens (primary N) is 1. The van der Waals surface area contributed by atoms with Crippen LogP contribution in [0.4, 0.5) is 5.69 Å². The van der Waals surface area contributed by atoms with E-state index < -0.39 is 22.9 Å². The lowest BCUT2D eigenvalue weighted by Gasteiger charge is -2.15. The molecule has 0 heterocycles. The molecule has 2 N–H and O–H groups in total. The molecular weight excluding hydrogens is 412 g/mol. The molecule has 8 heteroatoms. The number of non-ortho nitro benzene ring substituents is 1. The van der Waals surface area contributed by atoms with Gasteiger partial charge in [0.25, 0.3) is 5.69 Å². The fourth-order valence-electron chi connectivity index (χ4n) is 3.76. The molecule has 0 fully saturated rings. The number of fused-ring (bicyclic) bond motifs is 3. The van der Waals surface area contributed by atoms with Gasteiger partial charge >= 0.3 is 11.9 Å². The van der Waals surface area contributed by atoms with Gasteiger partial charge in [0.05, 0.1) is 4.92 Å². The number of rotatable bonds is 6. The summed E-state index contributed by atoms with van der Waals surface area (Å²) in [4.78, 5) is 35.4. The maximum atomic E-state index is 12.9. The fraction of sp³-hybridized carbons (Fsp3) is 0.167. The summed E-state index contributed by atoms with van der Waals surface area (Å²) in [5, 5.41) is 11.2. The summed E-state index contributed by atoms with van der Waals surface area (Å²) in [5.41, 5.74) is 9.19. The molecule has 0 spiro atoms. The molecule has 0 amide bonds. The first-order chi connectivity index (χ1) is 15.4. The Hall–Kier alpha value is -4.04. The van der Waals surface area contributed by atoms with Crippen LogP contribution >= 0.6 is 0 Å². The van der Waals surface area contributed by atoms with E-state index in [1.807, 2.05) is 48.5 Å². The molecular formula is C24H20N2O6. The monoisotopic (exact) mass is 432 g/mol. The summed E-state index contributed by atoms with van der Waals surface area (Å²) in [5.74, 6) is -1.93. The Morgan fingerprint density at radius 3 is 2.19 bits per heavy atom. The normalized spacial score (nSPS) is 13.1. The van der Waals surface area contributed by atoms with Gasteiger partial charge in [-0.25, -0.2) is 9.59 Å². The molecule has 0 aromatic heterocycles. The number of benzene rings is 3. The van der Waals surface area contributed by atoms with E-state index in [0.717, 1.165) is 34.4 Å². The SMILES string of the molecule is C[C@H](N)C(=O)Oc1ccc([N+](=O)[O-])cc1C(=O)OCC1c2ccccc2-c2ccccc21. The second kappa shape index (κ2) is 8.60. The van der Waals surface area contributed by atoms with E-state index in [2.05, 4.69) is 0 Å². The quantitative estimate of drug-likeness (QED) is 0.272. The minimum Gasteiger partial charge on any atom is -0.461 e. The molecule has 162 valence electrons. The summed E-state index contributed by atoms with van der Waals surface area (Å²) >= 11 is 0. The van der Waals surface area contributed by atoms with Crippen molar-refractivity contribution < 1.29 is 24.0 Å². The van der Waals surface area contributed by atoms with Crippen LogP contribution in [0.25, 0.3) is 11.1 Å². The van der Waals surface area contributed by atoms with Crippen LogP contribution in [0.15, 0.2) is 66.7 Å². The molecule has 3 aromatic rings. The van der Waals surface area contributed by atoms with Crippen LogP contribution in [-0.4, -0.2) is 29.5 Å². The van der Waals surface area contributed by atoms with Crippen LogP contribution in [0.1, 0.15) is 34.3 Å². The molecule has 4 rings (SSSR count). The predicted molar refractivity (Wildman–Crippen MR) is 116 cm³/mol. The van der Waals surface area contributed by atoms with Crippen LogP contribution in [0.2, 0.25) is 0 Å². The van der Waals surface area contributed by atoms with E-state index in [0.29, 0.717) is 0 Å². The van der Waals surface area contributed by atoms with Crippen molar-refractivity contribution in [1.29, 1.82) is 0 Å². The first-order valence-electron chi connectivity index (χ1n) is 9.98. The summed E-state index contributed by atoms with van der Waals surface area (Å²) in [6.07, 6.45) is 0. The van der Waals surface area contributed by atoms with E-state index >= 15 is 0 Å². The van der Waals surface area contributed by atoms with Crippen molar-refractivity contribution in [2.45, 2.75) is 18.9 Å². The second-order valence-electron chi connectivity index (χ2n) is 7.47. The number of nitro groups is 1. The van der Waals surface area contributed by atoms with Crippen LogP contribution in [0.5, 0.6) is 5.75 Å². The van der Waals surface area contributed by atoms with Crippen LogP contribution < -0.4 is 10.5 Å². The van der Waals surface area contributed by atoms with Crippen molar-refractivity contribution in [3.63, 3.8) is 0 Å². The van der Waals surface area contributed by atoms with E-state index in [4.69, 9.17) is 15.2 Å². The van der Waals surface area contributed by atoms with E-state index in [1.54, 1.807) is 0 Å². The van der Waals surface area contributed by atoms with E-state index in [9.17, 15) is 19.7 Å². The number of hydrogen-bond acceptors (Lipinski definition) is 7. The molecule has 0 bridgehead atoms. The van der Waals surface area contributed by atoms with Crippen LogP contribution in [0.3, 0.4) is 0 Å². The maximum absolute atomic E-state index is 12.9. The molecule has 0 saturated heterocycles. The lowest BCUT2D eigenvalue weighted by Crippen LogP contribution is -2.31. The topological polar surface area (TPSA) is 122 Å². The first-order valence-corrected chi connectivity index (χ1v) is 9.98. The molecule has 0 unspecified atom stereocenters. The number of nitro benzene ring substituents is 1. The molecule has 8 nitrogen and oxygen atoms in total. The molecule has 0 saturated carbocycles. The third-order valence-electron chi connectivity index (χ3n) is 5.32. The van der Waals surface area contributed by atoms with Crippen molar-refractivity contribution in [1.82, 2.24) is 0 Å². The summed E-state index contributed by atoms with van der Waals surface area (Å²) in [6, 6.07) is 18.2. The molecule has 0 aliphatic heterocycles. The molecule has 1 aliphatic rings. The molecule has 0 radical (unpaired) electrons. The molecule has 1 atom stereocenters. The minimum absolute atomic E-state index is 0.0240. The Balaban J connectivity index is 1.61. The molecule has 32 heavy (non-hydrogen) atoms. The largest absolute Gasteiger partial charge is 0.461 e. The zero-order chi connectivity index (χ0) is 22.8. The van der Waals surface area contributed by atoms with E-state index in [-0.39, 0.29) is 29.5 Å². The van der Waals surface area contributed by atoms with E-state index in [1.165, 1.54) is 13.0 Å². The maximum Gasteiger partial charge on any atom is 0.342 e. The summed E-state index contributed by atoms with van der Waals surface area (Å²) < 4.78 is 10.7. The zero-order valence-electron chi connectivity index (χ0n) is 17.2. The Morgan fingerprint density at radius 1 is 1.03 bits per heavy atom. The summed E-state index contributed by atoms with van der Waals surface area (Å²) in [6.45, 7) is 1.46. The standard InChI is InChI=1S/C24H20N2O6/c1-14(25)23(27)32-22-11-10-15(26(29)30)12-20(22)24(28)31-13-21-18-8-4-2-6-16(18)17-7-3-5-9-19(17)21/h2-12,14,21H,13,25H2,1H3/t14-/m0/s1. The Morgan fingerprint density at radius 2 is 1.62 bits per heavy atom. The van der Waals surface area contributed by atoms with Crippen molar-refractivity contribution in [2.75, 3.05) is 6.61 Å². The van der Waals surface area contributed by atoms with Gasteiger partial charge in [-0.1, -0.05) is 48.5 Å². The Labute approximate surface area is 183 Å². The lowest BCUT2D eigenvalue weighted by atomic mass is 9.98. The third-order valence-corrected chi connectivity index (χ3v) is 5.32. The van der Waals surface area contributed by atoms with Gasteiger partial charge in [-0.2, -0.15) is 0 Å². The number of carbonyl (C=O) groups excluding carboxylic acids is 2. The molecule has 3 aromatic carbocycles. The van der Waals surface area contributed by atoms with Crippen molar-refractivity contribution in [2.24, 2.45) is 5.73 Å². The number of hydrogen-bond donors (Lipinski definition) is 1. The second-order valence-corrected chi connectivity index (χ2v) is 7.47. The predicted octanol–water partition coefficient (Wildman–Crippen LogP) is 3.82. The highest BCUT2D eigenvalue weighted by molar-refractivity contribution is 5.94. The Kier molecular flexibility index (Phi) is 5.70. The highest BCUT2D eigenvalue weighted by atomic mass is 16.6. The smallest absolute Gasteiger partial charge is 0.342 e. The Bertz CT molecular complexity index is 1180. The minimum atomic E-state index is -0.930. The average Bonchev–Trinajstić information content (AvgIpc) is 3.11. The molecule has 1 aliphatic carbocycles. The van der Waals surface area contributed by atoms with Gasteiger partial charge in [-0.05, 0) is 35.2 Å². The van der Waals surface area contributed by atoms with Crippen molar-refractivity contribution >= 4 is 17.6 Å². The van der Waals surface area contributed by atoms with Gasteiger partial charge in [0.2, 0.25) is 0 Å². The summed E-state index contributed by atoms with van der Waals surface area (Å²) in [7, 11) is 0. The third kappa shape index (κ3) is 3.95. The number of carbonyl (C=O) groups is 2. The van der Waals surface area contributed by atoms with Crippen LogP contribution in [0, 0.1) is 10.1 Å². The zero-order valence-corrected chi connectivity index (χ0v) is 17.2. The van der Waals surface area contributed by atoms with Crippen molar-refractivity contribution in [3.05, 3.63) is 93.5 Å². The van der Waals surface area contributed by atoms with Crippen LogP contribution in [-0.2, 0) is 9.53 Å². The first kappa shape index (κ1) is 21.2. The van der Waals surface area contributed by atoms with Gasteiger partial charge < -0.3 is 15.2 Å². The van der Waals surface area contributed by atoms with Gasteiger partial charge in [0.1, 0.15) is 24.0 Å². The number of nitrogens with zero attached hydrogens (tertiary/aromatic N) is 1. The van der Waals surface area contributed by atoms with Gasteiger partial charge in [-0.3, -0.25) is 10.1 Å². The van der Waals surface area contributed by atoms with Gasteiger partial charge in [0.15, 0.2) is 0 Å². The average molecular weight is 432 g/mol. The van der Waals surface area contributed by atoms with Crippen molar-refractivity contribution in [3.8, 4) is 16.9 Å². The number of ether oxygens (including phenoxy) is 2.